The first-order valence-electron chi connectivity index (χ1n) is 10.6. The van der Waals surface area contributed by atoms with Gasteiger partial charge in [-0.1, -0.05) is 91.0 Å². The fraction of sp³-hybridized carbons (Fsp3) is 0.308. The minimum Gasteiger partial charge on any atom is -0.374 e. The summed E-state index contributed by atoms with van der Waals surface area (Å²) in [5, 5.41) is 10.5. The third kappa shape index (κ3) is 6.23. The number of aliphatic hydroxyl groups excluding tert-OH is 1. The van der Waals surface area contributed by atoms with Crippen LogP contribution >= 0.6 is 0 Å². The standard InChI is InChI=1S/C26H28O5/c27-26-25(30-18-22-14-8-3-9-15-22)24(29-17-21-12-6-2-7-13-21)23(31-26)19-28-16-20-10-4-1-5-11-20/h1-15,23-27H,16-19H2/t23-,24-,25?,26?/m1/s1. The summed E-state index contributed by atoms with van der Waals surface area (Å²) in [6, 6.07) is 29.8. The van der Waals surface area contributed by atoms with Gasteiger partial charge in [0.1, 0.15) is 18.3 Å². The van der Waals surface area contributed by atoms with Gasteiger partial charge in [-0.2, -0.15) is 0 Å². The quantitative estimate of drug-likeness (QED) is 0.535. The molecule has 1 saturated heterocycles. The van der Waals surface area contributed by atoms with E-state index in [1.807, 2.05) is 91.0 Å². The molecule has 5 heteroatoms. The molecule has 3 aromatic rings. The van der Waals surface area contributed by atoms with Gasteiger partial charge >= 0.3 is 0 Å². The molecule has 0 aliphatic carbocycles. The lowest BCUT2D eigenvalue weighted by Crippen LogP contribution is -2.39. The van der Waals surface area contributed by atoms with Crippen LogP contribution in [0, 0.1) is 0 Å². The predicted molar refractivity (Wildman–Crippen MR) is 117 cm³/mol. The molecule has 0 aromatic heterocycles. The summed E-state index contributed by atoms with van der Waals surface area (Å²) in [5.41, 5.74) is 3.16. The Labute approximate surface area is 183 Å². The van der Waals surface area contributed by atoms with Crippen LogP contribution in [0.2, 0.25) is 0 Å². The van der Waals surface area contributed by atoms with Crippen LogP contribution in [0.3, 0.4) is 0 Å². The summed E-state index contributed by atoms with van der Waals surface area (Å²) in [7, 11) is 0. The minimum atomic E-state index is -1.07. The zero-order valence-corrected chi connectivity index (χ0v) is 17.4. The molecule has 0 amide bonds. The molecule has 1 aliphatic heterocycles. The van der Waals surface area contributed by atoms with Crippen LogP contribution < -0.4 is 0 Å². The second-order valence-corrected chi connectivity index (χ2v) is 7.59. The van der Waals surface area contributed by atoms with Gasteiger partial charge in [0, 0.05) is 0 Å². The molecule has 0 bridgehead atoms. The number of hydrogen-bond acceptors (Lipinski definition) is 5. The molecule has 0 saturated carbocycles. The molecule has 1 N–H and O–H groups in total. The average Bonchev–Trinajstić information content (AvgIpc) is 3.12. The van der Waals surface area contributed by atoms with E-state index in [9.17, 15) is 5.11 Å². The highest BCUT2D eigenvalue weighted by Gasteiger charge is 2.45. The lowest BCUT2D eigenvalue weighted by atomic mass is 10.1. The van der Waals surface area contributed by atoms with Gasteiger partial charge in [-0.3, -0.25) is 0 Å². The first-order chi connectivity index (χ1) is 15.3. The summed E-state index contributed by atoms with van der Waals surface area (Å²) in [6.07, 6.45) is -2.55. The summed E-state index contributed by atoms with van der Waals surface area (Å²) in [4.78, 5) is 0. The van der Waals surface area contributed by atoms with E-state index in [0.29, 0.717) is 26.4 Å². The molecule has 2 unspecified atom stereocenters. The topological polar surface area (TPSA) is 57.2 Å². The third-order valence-electron chi connectivity index (χ3n) is 5.25. The second kappa shape index (κ2) is 11.2. The normalized spacial score (nSPS) is 23.1. The zero-order chi connectivity index (χ0) is 21.3. The number of benzene rings is 3. The third-order valence-corrected chi connectivity index (χ3v) is 5.25. The maximum absolute atomic E-state index is 10.5. The van der Waals surface area contributed by atoms with Crippen molar-refractivity contribution in [1.82, 2.24) is 0 Å². The molecule has 4 rings (SSSR count). The molecule has 1 heterocycles. The van der Waals surface area contributed by atoms with E-state index in [2.05, 4.69) is 0 Å². The van der Waals surface area contributed by atoms with Crippen LogP contribution in [0.25, 0.3) is 0 Å². The molecule has 5 nitrogen and oxygen atoms in total. The van der Waals surface area contributed by atoms with Crippen LogP contribution in [0.1, 0.15) is 16.7 Å². The molecule has 0 radical (unpaired) electrons. The molecule has 162 valence electrons. The molecule has 1 fully saturated rings. The monoisotopic (exact) mass is 420 g/mol. The predicted octanol–water partition coefficient (Wildman–Crippen LogP) is 4.09. The number of aliphatic hydroxyl groups is 1. The van der Waals surface area contributed by atoms with E-state index in [4.69, 9.17) is 18.9 Å². The van der Waals surface area contributed by atoms with Crippen LogP contribution in [0.15, 0.2) is 91.0 Å². The Balaban J connectivity index is 1.39. The zero-order valence-electron chi connectivity index (χ0n) is 17.4. The van der Waals surface area contributed by atoms with Crippen molar-refractivity contribution in [3.05, 3.63) is 108 Å². The molecule has 0 spiro atoms. The highest BCUT2D eigenvalue weighted by atomic mass is 16.7. The summed E-state index contributed by atoms with van der Waals surface area (Å²) in [5.74, 6) is 0. The van der Waals surface area contributed by atoms with Crippen LogP contribution in [0.5, 0.6) is 0 Å². The molecule has 4 atom stereocenters. The van der Waals surface area contributed by atoms with Gasteiger partial charge < -0.3 is 24.1 Å². The minimum absolute atomic E-state index is 0.302. The fourth-order valence-corrected chi connectivity index (χ4v) is 3.62. The Morgan fingerprint density at radius 3 is 1.58 bits per heavy atom. The van der Waals surface area contributed by atoms with Crippen molar-refractivity contribution in [2.24, 2.45) is 0 Å². The van der Waals surface area contributed by atoms with Crippen molar-refractivity contribution in [3.63, 3.8) is 0 Å². The van der Waals surface area contributed by atoms with Crippen LogP contribution in [0.4, 0.5) is 0 Å². The Morgan fingerprint density at radius 2 is 1.06 bits per heavy atom. The summed E-state index contributed by atoms with van der Waals surface area (Å²) < 4.78 is 23.9. The van der Waals surface area contributed by atoms with Gasteiger partial charge in [0.2, 0.25) is 0 Å². The van der Waals surface area contributed by atoms with Crippen molar-refractivity contribution in [2.75, 3.05) is 6.61 Å². The van der Waals surface area contributed by atoms with Crippen molar-refractivity contribution in [2.45, 2.75) is 44.4 Å². The van der Waals surface area contributed by atoms with E-state index < -0.39 is 24.6 Å². The summed E-state index contributed by atoms with van der Waals surface area (Å²) in [6.45, 7) is 1.55. The van der Waals surface area contributed by atoms with Crippen molar-refractivity contribution in [1.29, 1.82) is 0 Å². The fourth-order valence-electron chi connectivity index (χ4n) is 3.62. The van der Waals surface area contributed by atoms with Crippen molar-refractivity contribution in [3.8, 4) is 0 Å². The molecule has 1 aliphatic rings. The van der Waals surface area contributed by atoms with E-state index in [-0.39, 0.29) is 0 Å². The number of rotatable bonds is 10. The first kappa shape index (κ1) is 21.7. The highest BCUT2D eigenvalue weighted by Crippen LogP contribution is 2.28. The maximum atomic E-state index is 10.5. The molecular weight excluding hydrogens is 392 g/mol. The lowest BCUT2D eigenvalue weighted by molar-refractivity contribution is -0.153. The Hall–Kier alpha value is -2.54. The van der Waals surface area contributed by atoms with Gasteiger partial charge in [-0.15, -0.1) is 0 Å². The SMILES string of the molecule is OC1O[C@H](COCc2ccccc2)[C@@H](OCc2ccccc2)C1OCc1ccccc1. The van der Waals surface area contributed by atoms with E-state index >= 15 is 0 Å². The summed E-state index contributed by atoms with van der Waals surface area (Å²) >= 11 is 0. The molecular formula is C26H28O5. The van der Waals surface area contributed by atoms with Crippen LogP contribution in [-0.4, -0.2) is 36.3 Å². The number of ether oxygens (including phenoxy) is 4. The Bertz CT molecular complexity index is 887. The maximum Gasteiger partial charge on any atom is 0.184 e. The van der Waals surface area contributed by atoms with Crippen molar-refractivity contribution < 1.29 is 24.1 Å². The van der Waals surface area contributed by atoms with E-state index in [0.717, 1.165) is 16.7 Å². The second-order valence-electron chi connectivity index (χ2n) is 7.59. The van der Waals surface area contributed by atoms with Crippen molar-refractivity contribution >= 4 is 0 Å². The van der Waals surface area contributed by atoms with E-state index in [1.54, 1.807) is 0 Å². The molecule has 3 aromatic carbocycles. The Morgan fingerprint density at radius 1 is 0.613 bits per heavy atom. The highest BCUT2D eigenvalue weighted by molar-refractivity contribution is 5.15. The first-order valence-corrected chi connectivity index (χ1v) is 10.6. The lowest BCUT2D eigenvalue weighted by Gasteiger charge is -2.24. The van der Waals surface area contributed by atoms with Gasteiger partial charge in [0.05, 0.1) is 26.4 Å². The van der Waals surface area contributed by atoms with Gasteiger partial charge in [0.25, 0.3) is 0 Å². The Kier molecular flexibility index (Phi) is 7.82. The van der Waals surface area contributed by atoms with Gasteiger partial charge in [-0.25, -0.2) is 0 Å². The van der Waals surface area contributed by atoms with Crippen LogP contribution in [-0.2, 0) is 38.8 Å². The largest absolute Gasteiger partial charge is 0.374 e. The molecule has 31 heavy (non-hydrogen) atoms. The smallest absolute Gasteiger partial charge is 0.184 e. The number of hydrogen-bond donors (Lipinski definition) is 1. The van der Waals surface area contributed by atoms with Gasteiger partial charge in [0.15, 0.2) is 6.29 Å². The van der Waals surface area contributed by atoms with Gasteiger partial charge in [-0.05, 0) is 16.7 Å². The average molecular weight is 421 g/mol. The van der Waals surface area contributed by atoms with E-state index in [1.165, 1.54) is 0 Å².